The van der Waals surface area contributed by atoms with Crippen molar-refractivity contribution in [1.82, 2.24) is 14.9 Å². The number of carbonyl (C=O) groups is 1. The molecule has 1 fully saturated rings. The van der Waals surface area contributed by atoms with E-state index in [1.165, 1.54) is 0 Å². The molecule has 1 aliphatic heterocycles. The Balaban J connectivity index is 1.47. The van der Waals surface area contributed by atoms with E-state index in [9.17, 15) is 4.79 Å². The molecule has 0 radical (unpaired) electrons. The highest BCUT2D eigenvalue weighted by atomic mass is 16.5. The molecule has 4 rings (SSSR count). The first kappa shape index (κ1) is 18.0. The van der Waals surface area contributed by atoms with Gasteiger partial charge in [-0.15, -0.1) is 0 Å². The topological polar surface area (TPSA) is 67.4 Å². The molecule has 2 heterocycles. The van der Waals surface area contributed by atoms with Gasteiger partial charge in [-0.1, -0.05) is 18.2 Å². The van der Waals surface area contributed by atoms with Gasteiger partial charge in [0.25, 0.3) is 5.91 Å². The molecule has 2 aromatic carbocycles. The van der Waals surface area contributed by atoms with Gasteiger partial charge in [-0.25, -0.2) is 9.97 Å². The quantitative estimate of drug-likeness (QED) is 0.709. The van der Waals surface area contributed by atoms with Gasteiger partial charge in [0.15, 0.2) is 0 Å². The Morgan fingerprint density at radius 1 is 0.964 bits per heavy atom. The molecule has 0 atom stereocenters. The number of carbonyl (C=O) groups excluding carboxylic acids is 1. The number of aryl methyl sites for hydroxylation is 1. The van der Waals surface area contributed by atoms with E-state index in [0.717, 1.165) is 43.1 Å². The van der Waals surface area contributed by atoms with Gasteiger partial charge in [-0.2, -0.15) is 0 Å². The van der Waals surface area contributed by atoms with E-state index in [2.05, 4.69) is 15.3 Å². The normalized spacial score (nSPS) is 13.4. The Morgan fingerprint density at radius 2 is 1.64 bits per heavy atom. The Kier molecular flexibility index (Phi) is 5.19. The molecular weight excluding hydrogens is 352 g/mol. The van der Waals surface area contributed by atoms with Crippen LogP contribution in [0.15, 0.2) is 60.7 Å². The number of para-hydroxylation sites is 1. The van der Waals surface area contributed by atoms with Gasteiger partial charge in [0.2, 0.25) is 0 Å². The van der Waals surface area contributed by atoms with Crippen LogP contribution in [0.3, 0.4) is 0 Å². The maximum absolute atomic E-state index is 12.6. The van der Waals surface area contributed by atoms with E-state index < -0.39 is 0 Å². The number of hydrogen-bond donors (Lipinski definition) is 1. The number of likely N-dealkylation sites (tertiary alicyclic amines) is 1. The average Bonchev–Trinajstić information content (AvgIpc) is 3.24. The molecular formula is C22H22N4O2. The van der Waals surface area contributed by atoms with Crippen molar-refractivity contribution >= 4 is 17.4 Å². The second kappa shape index (κ2) is 8.08. The first-order chi connectivity index (χ1) is 13.7. The maximum atomic E-state index is 12.6. The van der Waals surface area contributed by atoms with Crippen molar-refractivity contribution in [2.75, 3.05) is 18.4 Å². The Labute approximate surface area is 164 Å². The number of ether oxygens (including phenoxy) is 1. The van der Waals surface area contributed by atoms with Crippen molar-refractivity contribution in [1.29, 1.82) is 0 Å². The Morgan fingerprint density at radius 3 is 2.36 bits per heavy atom. The Hall–Kier alpha value is -3.41. The van der Waals surface area contributed by atoms with Gasteiger partial charge in [0.05, 0.1) is 0 Å². The summed E-state index contributed by atoms with van der Waals surface area (Å²) in [4.78, 5) is 23.2. The average molecular weight is 374 g/mol. The van der Waals surface area contributed by atoms with Crippen molar-refractivity contribution in [3.8, 4) is 11.5 Å². The second-order valence-electron chi connectivity index (χ2n) is 6.75. The standard InChI is InChI=1S/C22H22N4O2/c1-16-23-20(22(27)26-13-5-6-14-26)15-21(24-16)25-17-9-11-19(12-10-17)28-18-7-3-2-4-8-18/h2-4,7-12,15H,5-6,13-14H2,1H3,(H,23,24,25). The van der Waals surface area contributed by atoms with Crippen LogP contribution >= 0.6 is 0 Å². The zero-order valence-corrected chi connectivity index (χ0v) is 15.8. The van der Waals surface area contributed by atoms with E-state index in [0.29, 0.717) is 17.3 Å². The van der Waals surface area contributed by atoms with Crippen LogP contribution < -0.4 is 10.1 Å². The summed E-state index contributed by atoms with van der Waals surface area (Å²) < 4.78 is 5.81. The number of nitrogens with one attached hydrogen (secondary N) is 1. The van der Waals surface area contributed by atoms with E-state index in [-0.39, 0.29) is 5.91 Å². The molecule has 0 spiro atoms. The third-order valence-electron chi connectivity index (χ3n) is 4.56. The first-order valence-corrected chi connectivity index (χ1v) is 9.42. The van der Waals surface area contributed by atoms with Crippen LogP contribution in [-0.4, -0.2) is 33.9 Å². The molecule has 1 amide bonds. The maximum Gasteiger partial charge on any atom is 0.272 e. The molecule has 3 aromatic rings. The molecule has 0 saturated carbocycles. The summed E-state index contributed by atoms with van der Waals surface area (Å²) in [5.41, 5.74) is 1.29. The SMILES string of the molecule is Cc1nc(Nc2ccc(Oc3ccccc3)cc2)cc(C(=O)N2CCCC2)n1. The van der Waals surface area contributed by atoms with Gasteiger partial charge in [-0.3, -0.25) is 4.79 Å². The van der Waals surface area contributed by atoms with Crippen LogP contribution in [0.5, 0.6) is 11.5 Å². The molecule has 0 unspecified atom stereocenters. The van der Waals surface area contributed by atoms with Gasteiger partial charge in [-0.05, 0) is 56.2 Å². The van der Waals surface area contributed by atoms with Crippen LogP contribution in [0.2, 0.25) is 0 Å². The van der Waals surface area contributed by atoms with Crippen molar-refractivity contribution in [3.05, 3.63) is 72.2 Å². The number of benzene rings is 2. The lowest BCUT2D eigenvalue weighted by Crippen LogP contribution is -2.28. The lowest BCUT2D eigenvalue weighted by molar-refractivity contribution is 0.0786. The summed E-state index contributed by atoms with van der Waals surface area (Å²) in [5, 5.41) is 3.24. The number of nitrogens with zero attached hydrogens (tertiary/aromatic N) is 3. The minimum Gasteiger partial charge on any atom is -0.457 e. The fraction of sp³-hybridized carbons (Fsp3) is 0.227. The number of rotatable bonds is 5. The smallest absolute Gasteiger partial charge is 0.272 e. The first-order valence-electron chi connectivity index (χ1n) is 9.42. The molecule has 6 nitrogen and oxygen atoms in total. The summed E-state index contributed by atoms with van der Waals surface area (Å²) in [5.74, 6) is 2.68. The monoisotopic (exact) mass is 374 g/mol. The lowest BCUT2D eigenvalue weighted by atomic mass is 10.3. The zero-order valence-electron chi connectivity index (χ0n) is 15.8. The number of hydrogen-bond acceptors (Lipinski definition) is 5. The highest BCUT2D eigenvalue weighted by molar-refractivity contribution is 5.93. The number of aromatic nitrogens is 2. The number of anilines is 2. The molecule has 1 N–H and O–H groups in total. The van der Waals surface area contributed by atoms with Crippen LogP contribution in [0.4, 0.5) is 11.5 Å². The van der Waals surface area contributed by atoms with E-state index in [4.69, 9.17) is 4.74 Å². The van der Waals surface area contributed by atoms with Crippen molar-refractivity contribution in [2.45, 2.75) is 19.8 Å². The molecule has 0 aliphatic carbocycles. The minimum atomic E-state index is -0.0299. The molecule has 6 heteroatoms. The zero-order chi connectivity index (χ0) is 19.3. The highest BCUT2D eigenvalue weighted by Gasteiger charge is 2.21. The summed E-state index contributed by atoms with van der Waals surface area (Å²) in [6, 6.07) is 19.0. The van der Waals surface area contributed by atoms with Crippen molar-refractivity contribution < 1.29 is 9.53 Å². The number of amides is 1. The van der Waals surface area contributed by atoms with Crippen LogP contribution in [0.1, 0.15) is 29.2 Å². The third kappa shape index (κ3) is 4.28. The van der Waals surface area contributed by atoms with Crippen molar-refractivity contribution in [3.63, 3.8) is 0 Å². The summed E-state index contributed by atoms with van der Waals surface area (Å²) in [7, 11) is 0. The fourth-order valence-electron chi connectivity index (χ4n) is 3.20. The Bertz CT molecular complexity index is 952. The van der Waals surface area contributed by atoms with Gasteiger partial charge in [0, 0.05) is 24.8 Å². The molecule has 1 aromatic heterocycles. The minimum absolute atomic E-state index is 0.0299. The van der Waals surface area contributed by atoms with Crippen LogP contribution in [0.25, 0.3) is 0 Å². The third-order valence-corrected chi connectivity index (χ3v) is 4.56. The van der Waals surface area contributed by atoms with Crippen LogP contribution in [-0.2, 0) is 0 Å². The highest BCUT2D eigenvalue weighted by Crippen LogP contribution is 2.24. The van der Waals surface area contributed by atoms with Gasteiger partial charge < -0.3 is 15.0 Å². The molecule has 1 aliphatic rings. The van der Waals surface area contributed by atoms with Gasteiger partial charge >= 0.3 is 0 Å². The molecule has 28 heavy (non-hydrogen) atoms. The fourth-order valence-corrected chi connectivity index (χ4v) is 3.20. The van der Waals surface area contributed by atoms with E-state index in [1.807, 2.05) is 59.5 Å². The van der Waals surface area contributed by atoms with E-state index in [1.54, 1.807) is 13.0 Å². The van der Waals surface area contributed by atoms with Crippen molar-refractivity contribution in [2.24, 2.45) is 0 Å². The summed E-state index contributed by atoms with van der Waals surface area (Å²) >= 11 is 0. The van der Waals surface area contributed by atoms with Gasteiger partial charge in [0.1, 0.15) is 28.8 Å². The molecule has 0 bridgehead atoms. The molecule has 1 saturated heterocycles. The largest absolute Gasteiger partial charge is 0.457 e. The summed E-state index contributed by atoms with van der Waals surface area (Å²) in [6.45, 7) is 3.39. The predicted molar refractivity (Wildman–Crippen MR) is 108 cm³/mol. The van der Waals surface area contributed by atoms with Crippen LogP contribution in [0, 0.1) is 6.92 Å². The lowest BCUT2D eigenvalue weighted by Gasteiger charge is -2.15. The second-order valence-corrected chi connectivity index (χ2v) is 6.75. The van der Waals surface area contributed by atoms with E-state index >= 15 is 0 Å². The summed E-state index contributed by atoms with van der Waals surface area (Å²) in [6.07, 6.45) is 2.11. The molecule has 142 valence electrons. The predicted octanol–water partition coefficient (Wildman–Crippen LogP) is 4.56.